The number of aliphatic hydroxyl groups excluding tert-OH is 1. The number of benzene rings is 3. The molecule has 40 heavy (non-hydrogen) atoms. The van der Waals surface area contributed by atoms with Gasteiger partial charge in [0, 0.05) is 31.8 Å². The van der Waals surface area contributed by atoms with Crippen molar-refractivity contribution in [1.29, 1.82) is 0 Å². The Kier molecular flexibility index (Phi) is 10.4. The number of halogens is 2. The molecular weight excluding hydrogens is 536 g/mol. The summed E-state index contributed by atoms with van der Waals surface area (Å²) in [6.07, 6.45) is -0.404. The lowest BCUT2D eigenvalue weighted by atomic mass is 9.87. The predicted molar refractivity (Wildman–Crippen MR) is 152 cm³/mol. The molecule has 0 radical (unpaired) electrons. The number of hydrogen-bond donors (Lipinski definition) is 4. The van der Waals surface area contributed by atoms with E-state index >= 15 is 0 Å². The van der Waals surface area contributed by atoms with Gasteiger partial charge < -0.3 is 15.7 Å². The van der Waals surface area contributed by atoms with E-state index in [1.807, 2.05) is 6.07 Å². The highest BCUT2D eigenvalue weighted by molar-refractivity contribution is 7.92. The largest absolute Gasteiger partial charge is 0.390 e. The first-order chi connectivity index (χ1) is 18.7. The standard InChI is InChI=1S/C30H37F2N3O4S/c1-20(36)34-27(15-22-13-24(31)16-25(32)14-22)28(37)19-33-18-23-12-21(17-30(2,3)4)10-11-29(23)40(38,39)35-26-8-6-5-7-9-26/h5-14,16,27-28,33,35,37H,15,17-19H2,1-4H3,(H,34,36). The molecule has 0 saturated carbocycles. The molecule has 0 aromatic heterocycles. The molecule has 0 bridgehead atoms. The first-order valence-electron chi connectivity index (χ1n) is 13.0. The molecule has 0 saturated heterocycles. The Hall–Kier alpha value is -3.34. The number of amides is 1. The van der Waals surface area contributed by atoms with E-state index < -0.39 is 39.7 Å². The third-order valence-electron chi connectivity index (χ3n) is 6.07. The van der Waals surface area contributed by atoms with E-state index in [0.29, 0.717) is 11.3 Å². The summed E-state index contributed by atoms with van der Waals surface area (Å²) in [4.78, 5) is 11.9. The molecule has 0 fully saturated rings. The third kappa shape index (κ3) is 9.69. The minimum Gasteiger partial charge on any atom is -0.390 e. The minimum absolute atomic E-state index is 0.00119. The van der Waals surface area contributed by atoms with Gasteiger partial charge in [-0.15, -0.1) is 0 Å². The molecule has 7 nitrogen and oxygen atoms in total. The molecule has 3 rings (SSSR count). The fourth-order valence-electron chi connectivity index (χ4n) is 4.50. The lowest BCUT2D eigenvalue weighted by Gasteiger charge is -2.25. The van der Waals surface area contributed by atoms with Gasteiger partial charge in [-0.25, -0.2) is 17.2 Å². The van der Waals surface area contributed by atoms with Crippen LogP contribution in [0, 0.1) is 17.0 Å². The molecule has 3 aromatic rings. The van der Waals surface area contributed by atoms with E-state index in [9.17, 15) is 27.1 Å². The molecule has 0 aliphatic rings. The quantitative estimate of drug-likeness (QED) is 0.254. The Labute approximate surface area is 235 Å². The SMILES string of the molecule is CC(=O)NC(Cc1cc(F)cc(F)c1)C(O)CNCc1cc(CC(C)(C)C)ccc1S(=O)(=O)Nc1ccccc1. The Morgan fingerprint density at radius 2 is 1.60 bits per heavy atom. The zero-order valence-corrected chi connectivity index (χ0v) is 24.0. The Morgan fingerprint density at radius 3 is 2.20 bits per heavy atom. The number of carbonyl (C=O) groups excluding carboxylic acids is 1. The van der Waals surface area contributed by atoms with Crippen molar-refractivity contribution in [3.05, 3.63) is 95.1 Å². The van der Waals surface area contributed by atoms with Crippen molar-refractivity contribution < 1.29 is 27.1 Å². The van der Waals surface area contributed by atoms with E-state index in [0.717, 1.165) is 30.2 Å². The van der Waals surface area contributed by atoms with Crippen LogP contribution in [-0.4, -0.2) is 38.1 Å². The molecule has 10 heteroatoms. The summed E-state index contributed by atoms with van der Waals surface area (Å²) in [7, 11) is -3.92. The molecule has 0 spiro atoms. The van der Waals surface area contributed by atoms with Gasteiger partial charge in [0.05, 0.1) is 17.0 Å². The summed E-state index contributed by atoms with van der Waals surface area (Å²) >= 11 is 0. The zero-order valence-electron chi connectivity index (χ0n) is 23.2. The number of aliphatic hydroxyl groups is 1. The first-order valence-corrected chi connectivity index (χ1v) is 14.5. The van der Waals surface area contributed by atoms with Crippen LogP contribution in [0.15, 0.2) is 71.6 Å². The average molecular weight is 574 g/mol. The number of carbonyl (C=O) groups is 1. The lowest BCUT2D eigenvalue weighted by molar-refractivity contribution is -0.120. The number of hydrogen-bond acceptors (Lipinski definition) is 5. The first kappa shape index (κ1) is 31.2. The summed E-state index contributed by atoms with van der Waals surface area (Å²) in [6.45, 7) is 7.66. The fourth-order valence-corrected chi connectivity index (χ4v) is 5.78. The molecule has 2 atom stereocenters. The highest BCUT2D eigenvalue weighted by Crippen LogP contribution is 2.26. The average Bonchev–Trinajstić information content (AvgIpc) is 2.82. The van der Waals surface area contributed by atoms with Crippen LogP contribution in [0.25, 0.3) is 0 Å². The van der Waals surface area contributed by atoms with Gasteiger partial charge in [0.15, 0.2) is 0 Å². The molecule has 2 unspecified atom stereocenters. The summed E-state index contributed by atoms with van der Waals surface area (Å²) < 4.78 is 56.6. The van der Waals surface area contributed by atoms with E-state index in [1.165, 1.54) is 6.92 Å². The van der Waals surface area contributed by atoms with Crippen LogP contribution in [0.3, 0.4) is 0 Å². The van der Waals surface area contributed by atoms with Crippen molar-refractivity contribution in [2.45, 2.75) is 64.1 Å². The number of rotatable bonds is 12. The lowest BCUT2D eigenvalue weighted by Crippen LogP contribution is -2.48. The topological polar surface area (TPSA) is 108 Å². The maximum absolute atomic E-state index is 13.7. The van der Waals surface area contributed by atoms with Crippen LogP contribution in [0.5, 0.6) is 0 Å². The van der Waals surface area contributed by atoms with E-state index in [4.69, 9.17) is 0 Å². The van der Waals surface area contributed by atoms with E-state index in [2.05, 4.69) is 36.1 Å². The van der Waals surface area contributed by atoms with Crippen molar-refractivity contribution in [2.75, 3.05) is 11.3 Å². The van der Waals surface area contributed by atoms with Crippen molar-refractivity contribution >= 4 is 21.6 Å². The highest BCUT2D eigenvalue weighted by Gasteiger charge is 2.23. The molecule has 1 amide bonds. The highest BCUT2D eigenvalue weighted by atomic mass is 32.2. The van der Waals surface area contributed by atoms with Crippen molar-refractivity contribution in [3.63, 3.8) is 0 Å². The number of sulfonamides is 1. The second kappa shape index (κ2) is 13.3. The number of anilines is 1. The van der Waals surface area contributed by atoms with Crippen LogP contribution < -0.4 is 15.4 Å². The fraction of sp³-hybridized carbons (Fsp3) is 0.367. The Bertz CT molecular complexity index is 1390. The molecule has 0 aliphatic carbocycles. The second-order valence-corrected chi connectivity index (χ2v) is 12.8. The predicted octanol–water partition coefficient (Wildman–Crippen LogP) is 4.55. The Morgan fingerprint density at radius 1 is 0.950 bits per heavy atom. The van der Waals surface area contributed by atoms with E-state index in [1.54, 1.807) is 42.5 Å². The molecule has 3 aromatic carbocycles. The maximum Gasteiger partial charge on any atom is 0.262 e. The normalized spacial score (nSPS) is 13.5. The van der Waals surface area contributed by atoms with Gasteiger partial charge in [-0.1, -0.05) is 51.1 Å². The van der Waals surface area contributed by atoms with Crippen LogP contribution in [0.1, 0.15) is 44.4 Å². The van der Waals surface area contributed by atoms with Crippen LogP contribution in [-0.2, 0) is 34.2 Å². The smallest absolute Gasteiger partial charge is 0.262 e. The van der Waals surface area contributed by atoms with Crippen LogP contribution in [0.2, 0.25) is 0 Å². The van der Waals surface area contributed by atoms with Crippen LogP contribution >= 0.6 is 0 Å². The summed E-state index contributed by atoms with van der Waals surface area (Å²) in [6, 6.07) is 16.0. The molecule has 216 valence electrons. The molecule has 0 aliphatic heterocycles. The molecule has 0 heterocycles. The molecular formula is C30H37F2N3O4S. The Balaban J connectivity index is 1.80. The summed E-state index contributed by atoms with van der Waals surface area (Å²) in [5.41, 5.74) is 2.17. The van der Waals surface area contributed by atoms with Gasteiger partial charge in [-0.3, -0.25) is 9.52 Å². The van der Waals surface area contributed by atoms with Gasteiger partial charge in [0.2, 0.25) is 5.91 Å². The van der Waals surface area contributed by atoms with Crippen molar-refractivity contribution in [2.24, 2.45) is 5.41 Å². The number of nitrogens with one attached hydrogen (secondary N) is 3. The summed E-state index contributed by atoms with van der Waals surface area (Å²) in [5.74, 6) is -1.91. The van der Waals surface area contributed by atoms with Gasteiger partial charge in [0.1, 0.15) is 11.6 Å². The third-order valence-corrected chi connectivity index (χ3v) is 7.56. The zero-order chi connectivity index (χ0) is 29.5. The minimum atomic E-state index is -3.92. The second-order valence-electron chi connectivity index (χ2n) is 11.1. The monoisotopic (exact) mass is 573 g/mol. The van der Waals surface area contributed by atoms with Crippen LogP contribution in [0.4, 0.5) is 14.5 Å². The van der Waals surface area contributed by atoms with Gasteiger partial charge in [-0.05, 0) is 65.3 Å². The maximum atomic E-state index is 13.7. The van der Waals surface area contributed by atoms with Crippen molar-refractivity contribution in [3.8, 4) is 0 Å². The number of para-hydroxylation sites is 1. The van der Waals surface area contributed by atoms with Gasteiger partial charge >= 0.3 is 0 Å². The van der Waals surface area contributed by atoms with Gasteiger partial charge in [-0.2, -0.15) is 0 Å². The van der Waals surface area contributed by atoms with Crippen molar-refractivity contribution in [1.82, 2.24) is 10.6 Å². The summed E-state index contributed by atoms with van der Waals surface area (Å²) in [5, 5.41) is 16.6. The van der Waals surface area contributed by atoms with Gasteiger partial charge in [0.25, 0.3) is 10.0 Å². The van der Waals surface area contributed by atoms with E-state index in [-0.39, 0.29) is 35.4 Å². The molecule has 4 N–H and O–H groups in total.